The van der Waals surface area contributed by atoms with Crippen LogP contribution in [0.4, 0.5) is 0 Å². The summed E-state index contributed by atoms with van der Waals surface area (Å²) in [7, 11) is 0. The zero-order valence-electron chi connectivity index (χ0n) is 12.8. The van der Waals surface area contributed by atoms with Crippen molar-refractivity contribution in [2.75, 3.05) is 19.6 Å². The van der Waals surface area contributed by atoms with Crippen LogP contribution in [-0.2, 0) is 4.79 Å². The lowest BCUT2D eigenvalue weighted by molar-refractivity contribution is -0.125. The largest absolute Gasteiger partial charge is 0.355 e. The van der Waals surface area contributed by atoms with E-state index >= 15 is 0 Å². The van der Waals surface area contributed by atoms with E-state index < -0.39 is 0 Å². The molecular weight excluding hydrogens is 286 g/mol. The normalized spacial score (nSPS) is 23.4. The maximum absolute atomic E-state index is 12.0. The molecule has 0 saturated carbocycles. The van der Waals surface area contributed by atoms with Crippen LogP contribution >= 0.6 is 12.4 Å². The van der Waals surface area contributed by atoms with E-state index in [9.17, 15) is 4.79 Å². The Kier molecular flexibility index (Phi) is 7.15. The molecule has 1 saturated heterocycles. The third kappa shape index (κ3) is 4.43. The van der Waals surface area contributed by atoms with Gasteiger partial charge in [0, 0.05) is 31.6 Å². The fourth-order valence-electron chi connectivity index (χ4n) is 2.79. The van der Waals surface area contributed by atoms with Gasteiger partial charge in [0.15, 0.2) is 0 Å². The summed E-state index contributed by atoms with van der Waals surface area (Å²) in [5.41, 5.74) is 7.53. The van der Waals surface area contributed by atoms with E-state index in [2.05, 4.69) is 29.3 Å². The molecule has 1 unspecified atom stereocenters. The number of nitrogens with two attached hydrogens (primary N) is 1. The number of hydrogen-bond donors (Lipinski definition) is 2. The molecule has 0 aliphatic carbocycles. The summed E-state index contributed by atoms with van der Waals surface area (Å²) in [6.07, 6.45) is 0.963. The van der Waals surface area contributed by atoms with Crippen molar-refractivity contribution in [3.8, 4) is 0 Å². The standard InChI is InChI=1S/C16H25N3O.ClH/c1-3-9-18-16(20)12(2)19-10-14(15(17)11-19)13-7-5-4-6-8-13;/h4-8,12,14-15H,3,9-11,17H2,1-2H3,(H,18,20);1H/t12?,14-,15+;/m0./s1. The van der Waals surface area contributed by atoms with Crippen molar-refractivity contribution in [1.29, 1.82) is 0 Å². The molecule has 0 aromatic heterocycles. The third-order valence-electron chi connectivity index (χ3n) is 4.10. The summed E-state index contributed by atoms with van der Waals surface area (Å²) < 4.78 is 0. The van der Waals surface area contributed by atoms with Gasteiger partial charge < -0.3 is 11.1 Å². The van der Waals surface area contributed by atoms with E-state index in [-0.39, 0.29) is 30.4 Å². The predicted octanol–water partition coefficient (Wildman–Crippen LogP) is 1.75. The lowest BCUT2D eigenvalue weighted by Gasteiger charge is -2.23. The maximum Gasteiger partial charge on any atom is 0.237 e. The fraction of sp³-hybridized carbons (Fsp3) is 0.562. The van der Waals surface area contributed by atoms with Gasteiger partial charge in [-0.3, -0.25) is 9.69 Å². The number of benzene rings is 1. The Balaban J connectivity index is 0.00000220. The van der Waals surface area contributed by atoms with Crippen LogP contribution in [0.5, 0.6) is 0 Å². The monoisotopic (exact) mass is 311 g/mol. The highest BCUT2D eigenvalue weighted by Gasteiger charge is 2.35. The number of nitrogens with zero attached hydrogens (tertiary/aromatic N) is 1. The number of hydrogen-bond acceptors (Lipinski definition) is 3. The number of carbonyl (C=O) groups is 1. The third-order valence-corrected chi connectivity index (χ3v) is 4.10. The Morgan fingerprint density at radius 3 is 2.67 bits per heavy atom. The van der Waals surface area contributed by atoms with Crippen LogP contribution in [0.3, 0.4) is 0 Å². The smallest absolute Gasteiger partial charge is 0.237 e. The highest BCUT2D eigenvalue weighted by Crippen LogP contribution is 2.27. The molecule has 3 N–H and O–H groups in total. The second-order valence-corrected chi connectivity index (χ2v) is 5.60. The lowest BCUT2D eigenvalue weighted by Crippen LogP contribution is -2.45. The van der Waals surface area contributed by atoms with Crippen molar-refractivity contribution in [1.82, 2.24) is 10.2 Å². The van der Waals surface area contributed by atoms with Gasteiger partial charge in [-0.25, -0.2) is 0 Å². The second-order valence-electron chi connectivity index (χ2n) is 5.60. The van der Waals surface area contributed by atoms with Crippen LogP contribution in [0.25, 0.3) is 0 Å². The van der Waals surface area contributed by atoms with Crippen molar-refractivity contribution < 1.29 is 4.79 Å². The molecular formula is C16H26ClN3O. The van der Waals surface area contributed by atoms with Crippen LogP contribution in [0.15, 0.2) is 30.3 Å². The zero-order chi connectivity index (χ0) is 14.5. The van der Waals surface area contributed by atoms with Crippen molar-refractivity contribution in [2.24, 2.45) is 5.73 Å². The first kappa shape index (κ1) is 18.0. The molecule has 0 radical (unpaired) electrons. The van der Waals surface area contributed by atoms with Gasteiger partial charge in [0.05, 0.1) is 6.04 Å². The van der Waals surface area contributed by atoms with E-state index in [0.29, 0.717) is 5.92 Å². The molecule has 1 aliphatic heterocycles. The van der Waals surface area contributed by atoms with Gasteiger partial charge in [0.25, 0.3) is 0 Å². The molecule has 2 rings (SSSR count). The van der Waals surface area contributed by atoms with Crippen LogP contribution in [0.1, 0.15) is 31.7 Å². The summed E-state index contributed by atoms with van der Waals surface area (Å²) in [6.45, 7) is 6.39. The first-order valence-corrected chi connectivity index (χ1v) is 7.45. The minimum Gasteiger partial charge on any atom is -0.355 e. The highest BCUT2D eigenvalue weighted by molar-refractivity contribution is 5.85. The van der Waals surface area contributed by atoms with Crippen molar-refractivity contribution in [3.05, 3.63) is 35.9 Å². The Labute approximate surface area is 133 Å². The molecule has 1 fully saturated rings. The first-order chi connectivity index (χ1) is 9.63. The van der Waals surface area contributed by atoms with E-state index in [1.807, 2.05) is 25.1 Å². The van der Waals surface area contributed by atoms with Crippen LogP contribution < -0.4 is 11.1 Å². The van der Waals surface area contributed by atoms with Crippen LogP contribution in [0.2, 0.25) is 0 Å². The van der Waals surface area contributed by atoms with Crippen molar-refractivity contribution in [2.45, 2.75) is 38.3 Å². The molecule has 0 bridgehead atoms. The number of rotatable bonds is 5. The molecule has 1 aromatic carbocycles. The summed E-state index contributed by atoms with van der Waals surface area (Å²) in [6, 6.07) is 10.3. The van der Waals surface area contributed by atoms with E-state index in [1.54, 1.807) is 0 Å². The van der Waals surface area contributed by atoms with Gasteiger partial charge in [0.2, 0.25) is 5.91 Å². The Hall–Kier alpha value is -1.10. The molecule has 1 aromatic rings. The highest BCUT2D eigenvalue weighted by atomic mass is 35.5. The summed E-state index contributed by atoms with van der Waals surface area (Å²) >= 11 is 0. The summed E-state index contributed by atoms with van der Waals surface area (Å²) in [5, 5.41) is 2.96. The molecule has 1 heterocycles. The number of halogens is 1. The summed E-state index contributed by atoms with van der Waals surface area (Å²) in [5.74, 6) is 0.422. The SMILES string of the molecule is CCCNC(=O)C(C)N1C[C@@H](N)[C@H](c2ccccc2)C1.Cl. The van der Waals surface area contributed by atoms with Crippen LogP contribution in [0, 0.1) is 0 Å². The second kappa shape index (κ2) is 8.37. The topological polar surface area (TPSA) is 58.4 Å². The van der Waals surface area contributed by atoms with E-state index in [4.69, 9.17) is 5.73 Å². The molecule has 118 valence electrons. The number of amides is 1. The summed E-state index contributed by atoms with van der Waals surface area (Å²) in [4.78, 5) is 14.2. The fourth-order valence-corrected chi connectivity index (χ4v) is 2.79. The molecule has 0 spiro atoms. The van der Waals surface area contributed by atoms with Gasteiger partial charge in [-0.15, -0.1) is 12.4 Å². The number of nitrogens with one attached hydrogen (secondary N) is 1. The molecule has 5 heteroatoms. The maximum atomic E-state index is 12.0. The van der Waals surface area contributed by atoms with Crippen LogP contribution in [-0.4, -0.2) is 42.5 Å². The van der Waals surface area contributed by atoms with Gasteiger partial charge in [-0.05, 0) is 18.9 Å². The quantitative estimate of drug-likeness (QED) is 0.871. The molecule has 1 amide bonds. The minimum atomic E-state index is -0.110. The van der Waals surface area contributed by atoms with Gasteiger partial charge in [-0.1, -0.05) is 37.3 Å². The number of likely N-dealkylation sites (tertiary alicyclic amines) is 1. The molecule has 4 nitrogen and oxygen atoms in total. The average Bonchev–Trinajstić information content (AvgIpc) is 2.86. The van der Waals surface area contributed by atoms with E-state index in [0.717, 1.165) is 26.1 Å². The van der Waals surface area contributed by atoms with Gasteiger partial charge in [-0.2, -0.15) is 0 Å². The van der Waals surface area contributed by atoms with Gasteiger partial charge >= 0.3 is 0 Å². The Morgan fingerprint density at radius 1 is 1.38 bits per heavy atom. The number of carbonyl (C=O) groups excluding carboxylic acids is 1. The molecule has 21 heavy (non-hydrogen) atoms. The average molecular weight is 312 g/mol. The zero-order valence-corrected chi connectivity index (χ0v) is 13.6. The predicted molar refractivity (Wildman–Crippen MR) is 88.7 cm³/mol. The van der Waals surface area contributed by atoms with Gasteiger partial charge in [0.1, 0.15) is 0 Å². The minimum absolute atomic E-state index is 0. The van der Waals surface area contributed by atoms with Crippen molar-refractivity contribution in [3.63, 3.8) is 0 Å². The first-order valence-electron chi connectivity index (χ1n) is 7.45. The Bertz CT molecular complexity index is 440. The Morgan fingerprint density at radius 2 is 2.05 bits per heavy atom. The lowest BCUT2D eigenvalue weighted by atomic mass is 9.95. The van der Waals surface area contributed by atoms with E-state index in [1.165, 1.54) is 5.56 Å². The molecule has 1 aliphatic rings. The van der Waals surface area contributed by atoms with Crippen molar-refractivity contribution >= 4 is 18.3 Å². The molecule has 3 atom stereocenters.